The maximum atomic E-state index is 13.3. The van der Waals surface area contributed by atoms with E-state index in [2.05, 4.69) is 5.32 Å². The number of aromatic nitrogens is 1. The third-order valence-corrected chi connectivity index (χ3v) is 5.05. The van der Waals surface area contributed by atoms with Crippen LogP contribution in [0.2, 0.25) is 5.02 Å². The zero-order chi connectivity index (χ0) is 20.4. The maximum Gasteiger partial charge on any atom is 0.294 e. The van der Waals surface area contributed by atoms with E-state index in [1.807, 2.05) is 18.2 Å². The van der Waals surface area contributed by atoms with Crippen molar-refractivity contribution in [3.63, 3.8) is 0 Å². The summed E-state index contributed by atoms with van der Waals surface area (Å²) < 4.78 is 6.95. The minimum atomic E-state index is -0.819. The van der Waals surface area contributed by atoms with Crippen LogP contribution < -0.4 is 19.5 Å². The van der Waals surface area contributed by atoms with Crippen molar-refractivity contribution in [1.82, 2.24) is 0 Å². The fourth-order valence-corrected chi connectivity index (χ4v) is 3.54. The number of hydrogen-bond acceptors (Lipinski definition) is 3. The molecule has 2 aromatic carbocycles. The van der Waals surface area contributed by atoms with E-state index in [1.165, 1.54) is 4.90 Å². The molecule has 1 atom stereocenters. The first-order chi connectivity index (χ1) is 14.1. The lowest BCUT2D eigenvalue weighted by Gasteiger charge is -2.32. The van der Waals surface area contributed by atoms with Crippen LogP contribution >= 0.6 is 11.6 Å². The fraction of sp³-hybridized carbons (Fsp3) is 0.136. The summed E-state index contributed by atoms with van der Waals surface area (Å²) in [5.74, 6) is 0.212. The standard InChI is InChI=1S/C22H18ClN3O3/c1-29-18-11-7-16(8-12-18)24-22(28)21-19-4-2-3-13-25(19)14-20(27)26(21)17-9-5-15(23)6-10-17/h2-13,21H,14H2,1H3/p+1. The molecule has 146 valence electrons. The lowest BCUT2D eigenvalue weighted by Crippen LogP contribution is -2.58. The van der Waals surface area contributed by atoms with Crippen molar-refractivity contribution in [3.05, 3.63) is 83.6 Å². The highest BCUT2D eigenvalue weighted by molar-refractivity contribution is 6.30. The zero-order valence-electron chi connectivity index (χ0n) is 15.7. The van der Waals surface area contributed by atoms with E-state index in [-0.39, 0.29) is 18.4 Å². The van der Waals surface area contributed by atoms with Crippen LogP contribution in [0.15, 0.2) is 72.9 Å². The highest BCUT2D eigenvalue weighted by Gasteiger charge is 2.43. The van der Waals surface area contributed by atoms with Crippen molar-refractivity contribution in [2.24, 2.45) is 0 Å². The maximum absolute atomic E-state index is 13.3. The first-order valence-corrected chi connectivity index (χ1v) is 9.45. The zero-order valence-corrected chi connectivity index (χ0v) is 16.5. The fourth-order valence-electron chi connectivity index (χ4n) is 3.41. The molecule has 1 aliphatic heterocycles. The second-order valence-electron chi connectivity index (χ2n) is 6.61. The van der Waals surface area contributed by atoms with Crippen LogP contribution in [-0.4, -0.2) is 18.9 Å². The van der Waals surface area contributed by atoms with Crippen LogP contribution in [0.4, 0.5) is 11.4 Å². The number of anilines is 2. The van der Waals surface area contributed by atoms with Gasteiger partial charge >= 0.3 is 0 Å². The molecule has 0 aliphatic carbocycles. The number of fused-ring (bicyclic) bond motifs is 1. The predicted molar refractivity (Wildman–Crippen MR) is 110 cm³/mol. The minimum absolute atomic E-state index is 0.158. The molecule has 0 spiro atoms. The number of nitrogens with one attached hydrogen (secondary N) is 1. The number of methoxy groups -OCH3 is 1. The molecular formula is C22H19ClN3O3+. The van der Waals surface area contributed by atoms with Gasteiger partial charge in [-0.1, -0.05) is 17.7 Å². The molecule has 1 aliphatic rings. The second kappa shape index (κ2) is 7.93. The number of halogens is 1. The number of hydrogen-bond donors (Lipinski definition) is 1. The Kier molecular flexibility index (Phi) is 5.18. The first kappa shape index (κ1) is 19.0. The molecule has 3 aromatic rings. The summed E-state index contributed by atoms with van der Waals surface area (Å²) in [6, 6.07) is 18.7. The van der Waals surface area contributed by atoms with Gasteiger partial charge in [-0.3, -0.25) is 14.5 Å². The number of pyridine rings is 1. The number of nitrogens with zero attached hydrogens (tertiary/aromatic N) is 2. The number of amides is 2. The second-order valence-corrected chi connectivity index (χ2v) is 7.05. The predicted octanol–water partition coefficient (Wildman–Crippen LogP) is 3.36. The summed E-state index contributed by atoms with van der Waals surface area (Å²) in [4.78, 5) is 27.8. The summed E-state index contributed by atoms with van der Waals surface area (Å²) in [5.41, 5.74) is 1.96. The Morgan fingerprint density at radius 1 is 1.10 bits per heavy atom. The Morgan fingerprint density at radius 3 is 2.52 bits per heavy atom. The van der Waals surface area contributed by atoms with Gasteiger partial charge in [0.1, 0.15) is 5.75 Å². The van der Waals surface area contributed by atoms with Crippen molar-refractivity contribution in [2.75, 3.05) is 17.3 Å². The monoisotopic (exact) mass is 408 g/mol. The van der Waals surface area contributed by atoms with Gasteiger partial charge in [0, 0.05) is 28.5 Å². The molecule has 0 radical (unpaired) electrons. The van der Waals surface area contributed by atoms with Gasteiger partial charge < -0.3 is 10.1 Å². The van der Waals surface area contributed by atoms with Gasteiger partial charge in [-0.05, 0) is 48.5 Å². The molecule has 7 heteroatoms. The van der Waals surface area contributed by atoms with Crippen LogP contribution in [0.3, 0.4) is 0 Å². The molecule has 0 bridgehead atoms. The van der Waals surface area contributed by atoms with Crippen molar-refractivity contribution >= 4 is 34.8 Å². The van der Waals surface area contributed by atoms with Crippen molar-refractivity contribution in [3.8, 4) is 5.75 Å². The van der Waals surface area contributed by atoms with Crippen molar-refractivity contribution in [1.29, 1.82) is 0 Å². The molecule has 1 unspecified atom stereocenters. The van der Waals surface area contributed by atoms with Gasteiger partial charge in [0.05, 0.1) is 7.11 Å². The lowest BCUT2D eigenvalue weighted by molar-refractivity contribution is -0.695. The molecule has 4 rings (SSSR count). The highest BCUT2D eigenvalue weighted by Crippen LogP contribution is 2.31. The normalized spacial score (nSPS) is 15.6. The number of benzene rings is 2. The molecular weight excluding hydrogens is 390 g/mol. The van der Waals surface area contributed by atoms with E-state index in [4.69, 9.17) is 16.3 Å². The largest absolute Gasteiger partial charge is 0.497 e. The van der Waals surface area contributed by atoms with Crippen molar-refractivity contribution < 1.29 is 18.9 Å². The lowest BCUT2D eigenvalue weighted by atomic mass is 10.0. The van der Waals surface area contributed by atoms with Crippen LogP contribution in [0.1, 0.15) is 11.7 Å². The Hall–Kier alpha value is -3.38. The van der Waals surface area contributed by atoms with E-state index in [0.29, 0.717) is 22.1 Å². The van der Waals surface area contributed by atoms with E-state index in [1.54, 1.807) is 66.4 Å². The average Bonchev–Trinajstić information content (AvgIpc) is 2.74. The molecule has 6 nitrogen and oxygen atoms in total. The smallest absolute Gasteiger partial charge is 0.294 e. The molecule has 0 saturated heterocycles. The number of ether oxygens (including phenoxy) is 1. The Morgan fingerprint density at radius 2 is 1.83 bits per heavy atom. The van der Waals surface area contributed by atoms with Gasteiger partial charge in [0.2, 0.25) is 18.3 Å². The van der Waals surface area contributed by atoms with E-state index in [9.17, 15) is 9.59 Å². The van der Waals surface area contributed by atoms with Crippen LogP contribution in [0.25, 0.3) is 0 Å². The van der Waals surface area contributed by atoms with Gasteiger partial charge in [0.15, 0.2) is 6.20 Å². The summed E-state index contributed by atoms with van der Waals surface area (Å²) >= 11 is 6.00. The Balaban J connectivity index is 1.73. The Bertz CT molecular complexity index is 1050. The van der Waals surface area contributed by atoms with E-state index >= 15 is 0 Å². The van der Waals surface area contributed by atoms with Crippen LogP contribution in [-0.2, 0) is 16.1 Å². The summed E-state index contributed by atoms with van der Waals surface area (Å²) in [6.07, 6.45) is 1.81. The van der Waals surface area contributed by atoms with E-state index < -0.39 is 6.04 Å². The summed E-state index contributed by atoms with van der Waals surface area (Å²) in [5, 5.41) is 3.47. The van der Waals surface area contributed by atoms with Crippen LogP contribution in [0.5, 0.6) is 5.75 Å². The SMILES string of the molecule is COc1ccc(NC(=O)C2c3cccc[n+]3CC(=O)N2c2ccc(Cl)cc2)cc1. The van der Waals surface area contributed by atoms with Gasteiger partial charge in [-0.25, -0.2) is 0 Å². The summed E-state index contributed by atoms with van der Waals surface area (Å²) in [7, 11) is 1.58. The average molecular weight is 409 g/mol. The minimum Gasteiger partial charge on any atom is -0.497 e. The van der Waals surface area contributed by atoms with Crippen LogP contribution in [0, 0.1) is 0 Å². The van der Waals surface area contributed by atoms with Gasteiger partial charge in [-0.15, -0.1) is 0 Å². The highest BCUT2D eigenvalue weighted by atomic mass is 35.5. The third kappa shape index (κ3) is 3.79. The molecule has 2 heterocycles. The summed E-state index contributed by atoms with van der Waals surface area (Å²) in [6.45, 7) is 0.158. The molecule has 0 saturated carbocycles. The third-order valence-electron chi connectivity index (χ3n) is 4.80. The first-order valence-electron chi connectivity index (χ1n) is 9.08. The van der Waals surface area contributed by atoms with Gasteiger partial charge in [-0.2, -0.15) is 4.57 Å². The number of carbonyl (C=O) groups is 2. The van der Waals surface area contributed by atoms with Crippen molar-refractivity contribution in [2.45, 2.75) is 12.6 Å². The quantitative estimate of drug-likeness (QED) is 0.673. The molecule has 1 N–H and O–H groups in total. The molecule has 2 amide bonds. The Labute approximate surface area is 173 Å². The number of carbonyl (C=O) groups excluding carboxylic acids is 2. The molecule has 1 aromatic heterocycles. The van der Waals surface area contributed by atoms with E-state index in [0.717, 1.165) is 5.69 Å². The van der Waals surface area contributed by atoms with Gasteiger partial charge in [0.25, 0.3) is 11.8 Å². The molecule has 0 fully saturated rings. The number of rotatable bonds is 4. The molecule has 29 heavy (non-hydrogen) atoms. The topological polar surface area (TPSA) is 62.5 Å².